The van der Waals surface area contributed by atoms with Crippen LogP contribution in [0.2, 0.25) is 5.02 Å². The van der Waals surface area contributed by atoms with Crippen molar-refractivity contribution in [3.63, 3.8) is 0 Å². The Morgan fingerprint density at radius 3 is 2.73 bits per heavy atom. The Labute approximate surface area is 140 Å². The maximum atomic E-state index is 11.7. The molecule has 0 aliphatic rings. The number of benzene rings is 1. The van der Waals surface area contributed by atoms with Crippen LogP contribution in [0.1, 0.15) is 4.88 Å². The average Bonchev–Trinajstić information content (AvgIpc) is 3.17. The van der Waals surface area contributed by atoms with Crippen molar-refractivity contribution in [1.82, 2.24) is 10.2 Å². The first-order valence-corrected chi connectivity index (χ1v) is 8.39. The minimum atomic E-state index is -0.224. The second-order valence-corrected chi connectivity index (χ2v) is 6.66. The summed E-state index contributed by atoms with van der Waals surface area (Å²) in [5.74, 6) is -0.224. The maximum absolute atomic E-state index is 11.7. The lowest BCUT2D eigenvalue weighted by Gasteiger charge is -1.96. The number of anilines is 1. The van der Waals surface area contributed by atoms with E-state index in [9.17, 15) is 4.79 Å². The van der Waals surface area contributed by atoms with Crippen molar-refractivity contribution in [2.75, 3.05) is 5.32 Å². The van der Waals surface area contributed by atoms with Crippen molar-refractivity contribution in [2.24, 2.45) is 0 Å². The normalized spacial score (nSPS) is 11.0. The summed E-state index contributed by atoms with van der Waals surface area (Å²) in [6.07, 6.45) is 3.26. The standard InChI is InChI=1S/C15H10ClN3OS2/c16-11-3-1-10(2-4-11)13-7-5-12(22-13)6-8-14(20)18-15-19-17-9-21-15/h1-9H,(H,18,19,20)/b8-6+. The summed E-state index contributed by atoms with van der Waals surface area (Å²) >= 11 is 8.77. The highest BCUT2D eigenvalue weighted by Crippen LogP contribution is 2.29. The Balaban J connectivity index is 1.67. The van der Waals surface area contributed by atoms with Crippen LogP contribution in [0, 0.1) is 0 Å². The number of nitrogens with zero attached hydrogens (tertiary/aromatic N) is 2. The predicted octanol–water partition coefficient (Wildman–Crippen LogP) is 4.57. The number of nitrogens with one attached hydrogen (secondary N) is 1. The van der Waals surface area contributed by atoms with Gasteiger partial charge >= 0.3 is 0 Å². The van der Waals surface area contributed by atoms with E-state index in [1.807, 2.05) is 36.4 Å². The van der Waals surface area contributed by atoms with Crippen LogP contribution in [0.25, 0.3) is 16.5 Å². The zero-order valence-corrected chi connectivity index (χ0v) is 13.6. The van der Waals surface area contributed by atoms with E-state index in [1.165, 1.54) is 17.4 Å². The minimum Gasteiger partial charge on any atom is -0.297 e. The number of hydrogen-bond donors (Lipinski definition) is 1. The molecule has 7 heteroatoms. The van der Waals surface area contributed by atoms with Crippen LogP contribution in [0.4, 0.5) is 5.13 Å². The van der Waals surface area contributed by atoms with Crippen molar-refractivity contribution in [1.29, 1.82) is 0 Å². The molecule has 110 valence electrons. The third-order valence-electron chi connectivity index (χ3n) is 2.74. The SMILES string of the molecule is O=C(/C=C/c1ccc(-c2ccc(Cl)cc2)s1)Nc1nncs1. The van der Waals surface area contributed by atoms with Crippen molar-refractivity contribution >= 4 is 51.4 Å². The first-order chi connectivity index (χ1) is 10.7. The Bertz CT molecular complexity index is 795. The Morgan fingerprint density at radius 2 is 2.00 bits per heavy atom. The van der Waals surface area contributed by atoms with Crippen molar-refractivity contribution in [2.45, 2.75) is 0 Å². The van der Waals surface area contributed by atoms with Gasteiger partial charge in [-0.25, -0.2) is 0 Å². The molecule has 3 aromatic rings. The molecule has 0 atom stereocenters. The summed E-state index contributed by atoms with van der Waals surface area (Å²) in [6.45, 7) is 0. The number of aromatic nitrogens is 2. The Hall–Kier alpha value is -2.02. The third-order valence-corrected chi connectivity index (χ3v) is 4.70. The molecule has 1 amide bonds. The van der Waals surface area contributed by atoms with Crippen LogP contribution in [0.5, 0.6) is 0 Å². The second-order valence-electron chi connectivity index (χ2n) is 4.28. The fraction of sp³-hybridized carbons (Fsp3) is 0. The van der Waals surface area contributed by atoms with Gasteiger partial charge in [0.15, 0.2) is 0 Å². The minimum absolute atomic E-state index is 0.224. The van der Waals surface area contributed by atoms with E-state index >= 15 is 0 Å². The molecule has 0 aliphatic heterocycles. The van der Waals surface area contributed by atoms with Gasteiger partial charge in [0.25, 0.3) is 0 Å². The van der Waals surface area contributed by atoms with Crippen LogP contribution in [0.15, 0.2) is 48.0 Å². The summed E-state index contributed by atoms with van der Waals surface area (Å²) in [7, 11) is 0. The summed E-state index contributed by atoms with van der Waals surface area (Å²) in [6, 6.07) is 11.7. The van der Waals surface area contributed by atoms with Gasteiger partial charge in [-0.15, -0.1) is 21.5 Å². The highest BCUT2D eigenvalue weighted by Gasteiger charge is 2.03. The van der Waals surface area contributed by atoms with Gasteiger partial charge in [-0.2, -0.15) is 0 Å². The number of halogens is 1. The zero-order valence-electron chi connectivity index (χ0n) is 11.2. The number of thiophene rings is 1. The molecule has 0 saturated carbocycles. The van der Waals surface area contributed by atoms with E-state index in [-0.39, 0.29) is 5.91 Å². The number of amides is 1. The molecule has 0 bridgehead atoms. The van der Waals surface area contributed by atoms with E-state index in [2.05, 4.69) is 15.5 Å². The molecule has 1 aromatic carbocycles. The van der Waals surface area contributed by atoms with Crippen molar-refractivity contribution < 1.29 is 4.79 Å². The van der Waals surface area contributed by atoms with E-state index < -0.39 is 0 Å². The summed E-state index contributed by atoms with van der Waals surface area (Å²) in [5, 5.41) is 11.3. The molecule has 2 heterocycles. The van der Waals surface area contributed by atoms with E-state index in [0.717, 1.165) is 15.3 Å². The van der Waals surface area contributed by atoms with Crippen LogP contribution in [-0.4, -0.2) is 16.1 Å². The lowest BCUT2D eigenvalue weighted by molar-refractivity contribution is -0.111. The molecule has 0 unspecified atom stereocenters. The molecule has 0 aliphatic carbocycles. The molecule has 22 heavy (non-hydrogen) atoms. The maximum Gasteiger partial charge on any atom is 0.250 e. The Kier molecular flexibility index (Phi) is 4.62. The Morgan fingerprint density at radius 1 is 1.18 bits per heavy atom. The van der Waals surface area contributed by atoms with Gasteiger partial charge in [-0.1, -0.05) is 35.1 Å². The van der Waals surface area contributed by atoms with Gasteiger partial charge in [0.05, 0.1) is 0 Å². The second kappa shape index (κ2) is 6.83. The summed E-state index contributed by atoms with van der Waals surface area (Å²) in [4.78, 5) is 13.9. The lowest BCUT2D eigenvalue weighted by Crippen LogP contribution is -2.07. The number of carbonyl (C=O) groups is 1. The van der Waals surface area contributed by atoms with Crippen molar-refractivity contribution in [3.8, 4) is 10.4 Å². The molecule has 0 spiro atoms. The molecular formula is C15H10ClN3OS2. The van der Waals surface area contributed by atoms with E-state index in [0.29, 0.717) is 10.2 Å². The highest BCUT2D eigenvalue weighted by atomic mass is 35.5. The van der Waals surface area contributed by atoms with Gasteiger partial charge in [0, 0.05) is 20.9 Å². The monoisotopic (exact) mass is 347 g/mol. The summed E-state index contributed by atoms with van der Waals surface area (Å²) in [5.41, 5.74) is 2.67. The van der Waals surface area contributed by atoms with Crippen LogP contribution in [0.3, 0.4) is 0 Å². The first-order valence-electron chi connectivity index (χ1n) is 6.32. The van der Waals surface area contributed by atoms with Crippen molar-refractivity contribution in [3.05, 3.63) is 57.9 Å². The molecule has 3 rings (SSSR count). The predicted molar refractivity (Wildman–Crippen MR) is 92.3 cm³/mol. The molecule has 4 nitrogen and oxygen atoms in total. The fourth-order valence-electron chi connectivity index (χ4n) is 1.74. The molecule has 0 saturated heterocycles. The topological polar surface area (TPSA) is 54.9 Å². The molecular weight excluding hydrogens is 338 g/mol. The van der Waals surface area contributed by atoms with Gasteiger partial charge in [-0.05, 0) is 35.9 Å². The van der Waals surface area contributed by atoms with E-state index in [4.69, 9.17) is 11.6 Å². The largest absolute Gasteiger partial charge is 0.297 e. The molecule has 0 radical (unpaired) electrons. The molecule has 2 aromatic heterocycles. The van der Waals surface area contributed by atoms with Crippen LogP contribution < -0.4 is 5.32 Å². The smallest absolute Gasteiger partial charge is 0.250 e. The fourth-order valence-corrected chi connectivity index (χ4v) is 3.23. The van der Waals surface area contributed by atoms with E-state index in [1.54, 1.807) is 22.9 Å². The van der Waals surface area contributed by atoms with Gasteiger partial charge in [0.2, 0.25) is 11.0 Å². The van der Waals surface area contributed by atoms with Gasteiger partial charge in [-0.3, -0.25) is 10.1 Å². The highest BCUT2D eigenvalue weighted by molar-refractivity contribution is 7.16. The quantitative estimate of drug-likeness (QED) is 0.703. The van der Waals surface area contributed by atoms with Gasteiger partial charge in [0.1, 0.15) is 5.51 Å². The first kappa shape index (κ1) is 14.9. The molecule has 0 fully saturated rings. The number of carbonyl (C=O) groups excluding carboxylic acids is 1. The van der Waals surface area contributed by atoms with Gasteiger partial charge < -0.3 is 0 Å². The summed E-state index contributed by atoms with van der Waals surface area (Å²) < 4.78 is 0. The molecule has 1 N–H and O–H groups in total. The average molecular weight is 348 g/mol. The third kappa shape index (κ3) is 3.79. The number of hydrogen-bond acceptors (Lipinski definition) is 5. The zero-order chi connectivity index (χ0) is 15.4. The van der Waals surface area contributed by atoms with Crippen LogP contribution in [-0.2, 0) is 4.79 Å². The number of rotatable bonds is 4. The van der Waals surface area contributed by atoms with Crippen LogP contribution >= 0.6 is 34.3 Å². The lowest BCUT2D eigenvalue weighted by atomic mass is 10.2.